The number of aromatic amines is 1. The molecule has 30 heavy (non-hydrogen) atoms. The van der Waals surface area contributed by atoms with Crippen molar-refractivity contribution >= 4 is 22.4 Å². The molecule has 1 aliphatic heterocycles. The molecule has 3 heterocycles. The van der Waals surface area contributed by atoms with Crippen molar-refractivity contribution in [1.29, 1.82) is 0 Å². The molecule has 0 unspecified atom stereocenters. The van der Waals surface area contributed by atoms with Gasteiger partial charge >= 0.3 is 0 Å². The summed E-state index contributed by atoms with van der Waals surface area (Å²) in [5, 5.41) is 11.5. The van der Waals surface area contributed by atoms with Gasteiger partial charge in [-0.15, -0.1) is 0 Å². The van der Waals surface area contributed by atoms with Crippen molar-refractivity contribution in [3.63, 3.8) is 0 Å². The zero-order valence-corrected chi connectivity index (χ0v) is 16.7. The van der Waals surface area contributed by atoms with Gasteiger partial charge < -0.3 is 10.1 Å². The van der Waals surface area contributed by atoms with Gasteiger partial charge in [0.1, 0.15) is 5.82 Å². The van der Waals surface area contributed by atoms with Crippen LogP contribution in [0.5, 0.6) is 0 Å². The van der Waals surface area contributed by atoms with Crippen molar-refractivity contribution < 1.29 is 4.74 Å². The molecule has 0 aliphatic carbocycles. The molecule has 5 rings (SSSR count). The number of morpholine rings is 1. The molecule has 0 saturated carbocycles. The third kappa shape index (κ3) is 4.32. The predicted molar refractivity (Wildman–Crippen MR) is 118 cm³/mol. The molecule has 7 nitrogen and oxygen atoms in total. The van der Waals surface area contributed by atoms with Crippen LogP contribution in [0.15, 0.2) is 60.9 Å². The van der Waals surface area contributed by atoms with Gasteiger partial charge in [-0.25, -0.2) is 9.97 Å². The summed E-state index contributed by atoms with van der Waals surface area (Å²) in [6, 6.07) is 16.5. The van der Waals surface area contributed by atoms with Crippen LogP contribution in [0, 0.1) is 0 Å². The van der Waals surface area contributed by atoms with E-state index in [1.165, 1.54) is 5.56 Å². The molecular formula is C23H24N6O. The highest BCUT2D eigenvalue weighted by atomic mass is 16.5. The predicted octanol–water partition coefficient (Wildman–Crippen LogP) is 3.64. The number of nitrogens with one attached hydrogen (secondary N) is 2. The van der Waals surface area contributed by atoms with Crippen LogP contribution in [0.1, 0.15) is 5.56 Å². The molecule has 4 aromatic rings. The van der Waals surface area contributed by atoms with E-state index in [0.29, 0.717) is 0 Å². The van der Waals surface area contributed by atoms with E-state index < -0.39 is 0 Å². The molecular weight excluding hydrogens is 376 g/mol. The highest BCUT2D eigenvalue weighted by molar-refractivity contribution is 5.82. The van der Waals surface area contributed by atoms with Crippen molar-refractivity contribution in [2.75, 3.05) is 38.2 Å². The van der Waals surface area contributed by atoms with E-state index in [0.717, 1.165) is 73.1 Å². The van der Waals surface area contributed by atoms with Gasteiger partial charge in [0, 0.05) is 42.5 Å². The molecule has 2 aromatic carbocycles. The molecule has 0 spiro atoms. The second-order valence-corrected chi connectivity index (χ2v) is 7.47. The van der Waals surface area contributed by atoms with Crippen LogP contribution in [0.3, 0.4) is 0 Å². The molecule has 2 N–H and O–H groups in total. The van der Waals surface area contributed by atoms with Crippen molar-refractivity contribution in [2.24, 2.45) is 0 Å². The number of fused-ring (bicyclic) bond motifs is 1. The number of rotatable bonds is 6. The van der Waals surface area contributed by atoms with Gasteiger partial charge in [0.2, 0.25) is 0 Å². The number of nitrogens with zero attached hydrogens (tertiary/aromatic N) is 4. The summed E-state index contributed by atoms with van der Waals surface area (Å²) in [5.41, 5.74) is 4.31. The maximum atomic E-state index is 5.43. The Morgan fingerprint density at radius 3 is 2.93 bits per heavy atom. The van der Waals surface area contributed by atoms with Crippen molar-refractivity contribution in [2.45, 2.75) is 6.42 Å². The number of anilines is 2. The van der Waals surface area contributed by atoms with Gasteiger partial charge in [0.05, 0.1) is 24.9 Å². The lowest BCUT2D eigenvalue weighted by atomic mass is 10.1. The largest absolute Gasteiger partial charge is 0.379 e. The third-order valence-corrected chi connectivity index (χ3v) is 5.37. The first-order valence-corrected chi connectivity index (χ1v) is 10.3. The smallest absolute Gasteiger partial charge is 0.161 e. The lowest BCUT2D eigenvalue weighted by Crippen LogP contribution is -2.37. The second-order valence-electron chi connectivity index (χ2n) is 7.47. The van der Waals surface area contributed by atoms with Gasteiger partial charge in [0.25, 0.3) is 0 Å². The minimum Gasteiger partial charge on any atom is -0.379 e. The van der Waals surface area contributed by atoms with Crippen LogP contribution in [0.2, 0.25) is 0 Å². The molecule has 0 amide bonds. The molecule has 1 saturated heterocycles. The number of hydrogen-bond donors (Lipinski definition) is 2. The Kier molecular flexibility index (Phi) is 5.37. The zero-order valence-electron chi connectivity index (χ0n) is 16.7. The van der Waals surface area contributed by atoms with E-state index in [9.17, 15) is 0 Å². The topological polar surface area (TPSA) is 79.0 Å². The first-order valence-electron chi connectivity index (χ1n) is 10.3. The monoisotopic (exact) mass is 400 g/mol. The average Bonchev–Trinajstić information content (AvgIpc) is 3.27. The summed E-state index contributed by atoms with van der Waals surface area (Å²) in [4.78, 5) is 11.7. The fourth-order valence-electron chi connectivity index (χ4n) is 3.71. The Hall–Kier alpha value is -3.29. The van der Waals surface area contributed by atoms with E-state index in [2.05, 4.69) is 49.7 Å². The average molecular weight is 400 g/mol. The Bertz CT molecular complexity index is 1140. The fourth-order valence-corrected chi connectivity index (χ4v) is 3.71. The van der Waals surface area contributed by atoms with Crippen LogP contribution in [-0.2, 0) is 11.2 Å². The third-order valence-electron chi connectivity index (χ3n) is 5.37. The van der Waals surface area contributed by atoms with Crippen LogP contribution < -0.4 is 5.32 Å². The highest BCUT2D eigenvalue weighted by Gasteiger charge is 2.11. The molecule has 7 heteroatoms. The first-order chi connectivity index (χ1) is 14.8. The molecule has 0 bridgehead atoms. The number of benzene rings is 2. The van der Waals surface area contributed by atoms with Crippen molar-refractivity contribution in [3.05, 3.63) is 66.5 Å². The van der Waals surface area contributed by atoms with Crippen LogP contribution >= 0.6 is 0 Å². The quantitative estimate of drug-likeness (QED) is 0.514. The zero-order chi connectivity index (χ0) is 20.2. The number of ether oxygens (including phenoxy) is 1. The van der Waals surface area contributed by atoms with Gasteiger partial charge in [-0.2, -0.15) is 5.10 Å². The standard InChI is InChI=1S/C23H24N6O/c1-2-17(7-9-29-10-12-30-13-11-29)14-18(3-1)23-24-8-6-22(27-23)26-20-4-5-21-19(15-20)16-25-28-21/h1-6,8,14-16H,7,9-13H2,(H,25,28)(H,24,26,27). The molecule has 0 radical (unpaired) electrons. The Morgan fingerprint density at radius 2 is 2.00 bits per heavy atom. The Balaban J connectivity index is 1.30. The molecule has 0 atom stereocenters. The van der Waals surface area contributed by atoms with Gasteiger partial charge in [-0.05, 0) is 42.3 Å². The van der Waals surface area contributed by atoms with E-state index >= 15 is 0 Å². The summed E-state index contributed by atoms with van der Waals surface area (Å²) < 4.78 is 5.43. The molecule has 1 aliphatic rings. The lowest BCUT2D eigenvalue weighted by molar-refractivity contribution is 0.0384. The maximum Gasteiger partial charge on any atom is 0.161 e. The fraction of sp³-hybridized carbons (Fsp3) is 0.261. The maximum absolute atomic E-state index is 5.43. The molecule has 1 fully saturated rings. The van der Waals surface area contributed by atoms with Crippen LogP contribution in [-0.4, -0.2) is 57.9 Å². The highest BCUT2D eigenvalue weighted by Crippen LogP contribution is 2.22. The molecule has 2 aromatic heterocycles. The van der Waals surface area contributed by atoms with E-state index in [1.54, 1.807) is 6.20 Å². The van der Waals surface area contributed by atoms with E-state index in [1.807, 2.05) is 30.5 Å². The Morgan fingerprint density at radius 1 is 1.07 bits per heavy atom. The summed E-state index contributed by atoms with van der Waals surface area (Å²) in [6.45, 7) is 4.75. The second kappa shape index (κ2) is 8.61. The van der Waals surface area contributed by atoms with Crippen LogP contribution in [0.25, 0.3) is 22.3 Å². The first kappa shape index (κ1) is 18.7. The minimum absolute atomic E-state index is 0.720. The van der Waals surface area contributed by atoms with Gasteiger partial charge in [0.15, 0.2) is 5.82 Å². The van der Waals surface area contributed by atoms with E-state index in [4.69, 9.17) is 9.72 Å². The lowest BCUT2D eigenvalue weighted by Gasteiger charge is -2.26. The summed E-state index contributed by atoms with van der Waals surface area (Å²) >= 11 is 0. The summed E-state index contributed by atoms with van der Waals surface area (Å²) in [5.74, 6) is 1.49. The van der Waals surface area contributed by atoms with Crippen molar-refractivity contribution in [3.8, 4) is 11.4 Å². The van der Waals surface area contributed by atoms with Crippen molar-refractivity contribution in [1.82, 2.24) is 25.1 Å². The van der Waals surface area contributed by atoms with E-state index in [-0.39, 0.29) is 0 Å². The van der Waals surface area contributed by atoms with Crippen LogP contribution in [0.4, 0.5) is 11.5 Å². The Labute approximate surface area is 175 Å². The minimum atomic E-state index is 0.720. The van der Waals surface area contributed by atoms with Gasteiger partial charge in [-0.1, -0.05) is 18.2 Å². The number of hydrogen-bond acceptors (Lipinski definition) is 6. The SMILES string of the molecule is c1cc(CCN2CCOCC2)cc(-c2nccc(Nc3ccc4[nH]ncc4c3)n2)c1. The summed E-state index contributed by atoms with van der Waals surface area (Å²) in [7, 11) is 0. The summed E-state index contributed by atoms with van der Waals surface area (Å²) in [6.07, 6.45) is 4.62. The van der Waals surface area contributed by atoms with Gasteiger partial charge in [-0.3, -0.25) is 10.00 Å². The number of H-pyrrole nitrogens is 1. The number of aromatic nitrogens is 4. The normalized spacial score (nSPS) is 14.8. The molecule has 152 valence electrons.